The molecule has 4 aliphatic heterocycles. The van der Waals surface area contributed by atoms with Crippen molar-refractivity contribution in [3.05, 3.63) is 184 Å². The quantitative estimate of drug-likeness (QED) is 0.0451. The number of rotatable bonds is 9. The molecule has 0 unspecified atom stereocenters. The van der Waals surface area contributed by atoms with Gasteiger partial charge in [0.15, 0.2) is 0 Å². The normalized spacial score (nSPS) is 15.1. The van der Waals surface area contributed by atoms with Gasteiger partial charge in [0.05, 0.1) is 29.1 Å². The average Bonchev–Trinajstić information content (AvgIpc) is 3.39. The lowest BCUT2D eigenvalue weighted by molar-refractivity contribution is -0.432. The van der Waals surface area contributed by atoms with Crippen LogP contribution in [0.15, 0.2) is 143 Å². The highest BCUT2D eigenvalue weighted by Crippen LogP contribution is 2.45. The standard InChI is InChI=1S/C54H30N4O14S2/c1-25-3-5-26(6-4-25)27-7-9-28(10-8-27)56-49(61)35-19-21-39-46-40(22-20-36(45(35)46)50(56)62)52(64)57(51(39)63)29-11-13-31(41(23-29)73-72-71-67)32-14-12-30(24-42(32)74(68,69)70)58-53(65)37-17-15-33-43-34(48(60)55(2)47(33)59)16-18-38(44(37)43)54(58)66/h3-24,67H,1-2H3,(H,68,69,70). The van der Waals surface area contributed by atoms with E-state index in [4.69, 9.17) is 4.33 Å². The first-order chi connectivity index (χ1) is 35.5. The second kappa shape index (κ2) is 16.5. The number of hydrogen-bond acceptors (Lipinski definition) is 14. The fraction of sp³-hybridized carbons (Fsp3) is 0.0370. The molecule has 0 fully saturated rings. The Balaban J connectivity index is 0.888. The monoisotopic (exact) mass is 1020 g/mol. The molecule has 8 aromatic rings. The average molecular weight is 1020 g/mol. The van der Waals surface area contributed by atoms with Gasteiger partial charge in [0.1, 0.15) is 4.90 Å². The van der Waals surface area contributed by atoms with Gasteiger partial charge in [-0.2, -0.15) is 8.42 Å². The molecule has 18 nitrogen and oxygen atoms in total. The van der Waals surface area contributed by atoms with Crippen molar-refractivity contribution in [1.29, 1.82) is 0 Å². The van der Waals surface area contributed by atoms with E-state index >= 15 is 0 Å². The predicted octanol–water partition coefficient (Wildman–Crippen LogP) is 8.94. The Morgan fingerprint density at radius 3 is 1.14 bits per heavy atom. The number of benzene rings is 8. The van der Waals surface area contributed by atoms with Crippen LogP contribution in [0.5, 0.6) is 0 Å². The summed E-state index contributed by atoms with van der Waals surface area (Å²) in [6, 6.07) is 32.9. The molecule has 4 aliphatic rings. The molecular formula is C54H30N4O14S2. The van der Waals surface area contributed by atoms with Crippen molar-refractivity contribution in [2.24, 2.45) is 0 Å². The summed E-state index contributed by atoms with van der Waals surface area (Å²) in [5, 5.41) is 13.5. The molecule has 0 atom stereocenters. The van der Waals surface area contributed by atoms with Crippen molar-refractivity contribution in [1.82, 2.24) is 4.90 Å². The molecule has 0 spiro atoms. The summed E-state index contributed by atoms with van der Waals surface area (Å²) in [7, 11) is -3.91. The van der Waals surface area contributed by atoms with Gasteiger partial charge < -0.3 is 0 Å². The maximum absolute atomic E-state index is 14.5. The molecule has 74 heavy (non-hydrogen) atoms. The van der Waals surface area contributed by atoms with Crippen LogP contribution >= 0.6 is 12.0 Å². The molecule has 0 saturated heterocycles. The number of anilines is 3. The molecule has 0 radical (unpaired) electrons. The van der Waals surface area contributed by atoms with Gasteiger partial charge in [-0.1, -0.05) is 59.1 Å². The van der Waals surface area contributed by atoms with E-state index in [0.29, 0.717) is 22.6 Å². The Morgan fingerprint density at radius 1 is 0.419 bits per heavy atom. The van der Waals surface area contributed by atoms with E-state index in [1.54, 1.807) is 24.3 Å². The van der Waals surface area contributed by atoms with Crippen LogP contribution in [0.4, 0.5) is 17.1 Å². The molecule has 4 heterocycles. The summed E-state index contributed by atoms with van der Waals surface area (Å²) >= 11 is 0.320. The van der Waals surface area contributed by atoms with E-state index in [2.05, 4.69) is 5.04 Å². The minimum atomic E-state index is -5.22. The lowest BCUT2D eigenvalue weighted by atomic mass is 9.85. The van der Waals surface area contributed by atoms with Crippen molar-refractivity contribution in [2.45, 2.75) is 16.7 Å². The Morgan fingerprint density at radius 2 is 0.743 bits per heavy atom. The maximum Gasteiger partial charge on any atom is 0.295 e. The highest BCUT2D eigenvalue weighted by Gasteiger charge is 2.43. The molecule has 8 amide bonds. The van der Waals surface area contributed by atoms with Crippen LogP contribution in [0.2, 0.25) is 0 Å². The molecule has 20 heteroatoms. The maximum atomic E-state index is 14.5. The number of imide groups is 4. The summed E-state index contributed by atoms with van der Waals surface area (Å²) in [4.78, 5) is 114. The summed E-state index contributed by atoms with van der Waals surface area (Å²) in [5.41, 5.74) is 2.76. The molecular weight excluding hydrogens is 993 g/mol. The van der Waals surface area contributed by atoms with Gasteiger partial charge in [-0.15, -0.1) is 4.33 Å². The van der Waals surface area contributed by atoms with Gasteiger partial charge >= 0.3 is 0 Å². The van der Waals surface area contributed by atoms with E-state index in [9.17, 15) is 56.6 Å². The zero-order valence-electron chi connectivity index (χ0n) is 38.1. The topological polar surface area (TPSA) is 243 Å². The van der Waals surface area contributed by atoms with Gasteiger partial charge in [-0.05, 0) is 109 Å². The summed E-state index contributed by atoms with van der Waals surface area (Å²) < 4.78 is 41.9. The van der Waals surface area contributed by atoms with Gasteiger partial charge in [0.25, 0.3) is 57.4 Å². The Labute approximate surface area is 421 Å². The van der Waals surface area contributed by atoms with Crippen molar-refractivity contribution in [2.75, 3.05) is 21.7 Å². The fourth-order valence-electron chi connectivity index (χ4n) is 10.2. The van der Waals surface area contributed by atoms with Crippen LogP contribution in [0.25, 0.3) is 43.8 Å². The third-order valence-electron chi connectivity index (χ3n) is 13.7. The highest BCUT2D eigenvalue weighted by molar-refractivity contribution is 7.94. The van der Waals surface area contributed by atoms with Crippen molar-refractivity contribution in [3.63, 3.8) is 0 Å². The molecule has 0 aromatic heterocycles. The number of carbonyl (C=O) groups is 8. The van der Waals surface area contributed by atoms with Gasteiger partial charge in [-0.25, -0.2) is 20.0 Å². The first kappa shape index (κ1) is 46.1. The van der Waals surface area contributed by atoms with Gasteiger partial charge in [0.2, 0.25) is 0 Å². The third-order valence-corrected chi connectivity index (χ3v) is 15.2. The lowest BCUT2D eigenvalue weighted by Gasteiger charge is -2.32. The Kier molecular flexibility index (Phi) is 10.3. The molecule has 2 N–H and O–H groups in total. The first-order valence-corrected chi connectivity index (χ1v) is 24.4. The molecule has 362 valence electrons. The zero-order valence-corrected chi connectivity index (χ0v) is 39.7. The van der Waals surface area contributed by atoms with E-state index in [1.165, 1.54) is 85.9 Å². The van der Waals surface area contributed by atoms with Crippen LogP contribution in [0, 0.1) is 6.92 Å². The van der Waals surface area contributed by atoms with Crippen molar-refractivity contribution in [3.8, 4) is 22.3 Å². The van der Waals surface area contributed by atoms with Gasteiger partial charge in [-0.3, -0.25) is 47.8 Å². The molecule has 0 aliphatic carbocycles. The number of amides is 8. The van der Waals surface area contributed by atoms with E-state index in [1.807, 2.05) is 31.2 Å². The van der Waals surface area contributed by atoms with Crippen LogP contribution in [0.3, 0.4) is 0 Å². The van der Waals surface area contributed by atoms with E-state index in [0.717, 1.165) is 37.5 Å². The molecule has 12 rings (SSSR count). The van der Waals surface area contributed by atoms with Crippen LogP contribution in [-0.4, -0.2) is 77.4 Å². The van der Waals surface area contributed by atoms with E-state index < -0.39 is 62.3 Å². The molecule has 8 aromatic carbocycles. The van der Waals surface area contributed by atoms with Gasteiger partial charge in [0, 0.05) is 83.6 Å². The number of carbonyl (C=O) groups excluding carboxylic acids is 8. The molecule has 0 bridgehead atoms. The Bertz CT molecular complexity index is 4000. The Hall–Kier alpha value is -9.02. The second-order valence-electron chi connectivity index (χ2n) is 17.6. The zero-order chi connectivity index (χ0) is 51.8. The SMILES string of the molecule is Cc1ccc(-c2ccc(N3C(=O)c4ccc5c6c(ccc(c46)C3=O)C(=O)N(c3ccc(-c4ccc(N6C(=O)c7ccc8c9c(ccc(c79)C6=O)C(=O)N(C)C8=O)cc4S(=O)(=O)O)c(SOOO)c3)C5=O)cc2)cc1. The van der Waals surface area contributed by atoms with E-state index in [-0.39, 0.29) is 93.4 Å². The van der Waals surface area contributed by atoms with Crippen molar-refractivity contribution < 1.29 is 66.0 Å². The van der Waals surface area contributed by atoms with Crippen LogP contribution < -0.4 is 14.7 Å². The predicted molar refractivity (Wildman–Crippen MR) is 267 cm³/mol. The smallest absolute Gasteiger partial charge is 0.282 e. The first-order valence-electron chi connectivity index (χ1n) is 22.2. The minimum Gasteiger partial charge on any atom is -0.282 e. The summed E-state index contributed by atoms with van der Waals surface area (Å²) in [5.74, 6) is -6.15. The number of nitrogens with zero attached hydrogens (tertiary/aromatic N) is 4. The van der Waals surface area contributed by atoms with Crippen LogP contribution in [-0.2, 0) is 19.5 Å². The number of aryl methyl sites for hydroxylation is 1. The highest BCUT2D eigenvalue weighted by atomic mass is 32.2. The van der Waals surface area contributed by atoms with Crippen LogP contribution in [0.1, 0.15) is 88.4 Å². The minimum absolute atomic E-state index is 0.0199. The third kappa shape index (κ3) is 6.63. The lowest BCUT2D eigenvalue weighted by Crippen LogP contribution is -2.43. The summed E-state index contributed by atoms with van der Waals surface area (Å²) in [6.45, 7) is 1.98. The largest absolute Gasteiger partial charge is 0.295 e. The molecule has 0 saturated carbocycles. The fourth-order valence-corrected chi connectivity index (χ4v) is 11.5. The summed E-state index contributed by atoms with van der Waals surface area (Å²) in [6.07, 6.45) is 0. The van der Waals surface area contributed by atoms with Crippen molar-refractivity contribution >= 4 is 108 Å². The number of hydrogen-bond donors (Lipinski definition) is 2. The second-order valence-corrected chi connectivity index (χ2v) is 19.8.